The maximum atomic E-state index is 15.1. The summed E-state index contributed by atoms with van der Waals surface area (Å²) >= 11 is 1.22. The van der Waals surface area contributed by atoms with Crippen LogP contribution in [0.4, 0.5) is 21.2 Å². The number of nitriles is 1. The largest absolute Gasteiger partial charge is 0.421 e. The molecule has 11 heteroatoms. The third-order valence-corrected chi connectivity index (χ3v) is 6.23. The Hall–Kier alpha value is -3.75. The summed E-state index contributed by atoms with van der Waals surface area (Å²) in [5.41, 5.74) is 1.56. The van der Waals surface area contributed by atoms with E-state index in [1.807, 2.05) is 6.92 Å². The zero-order chi connectivity index (χ0) is 22.9. The molecule has 0 atom stereocenters. The van der Waals surface area contributed by atoms with E-state index in [0.29, 0.717) is 32.5 Å². The minimum atomic E-state index is -0.474. The van der Waals surface area contributed by atoms with E-state index in [4.69, 9.17) is 10.00 Å². The van der Waals surface area contributed by atoms with Crippen LogP contribution < -0.4 is 15.0 Å². The third kappa shape index (κ3) is 4.44. The van der Waals surface area contributed by atoms with Gasteiger partial charge >= 0.3 is 6.01 Å². The number of hydrogen-bond acceptors (Lipinski definition) is 9. The molecule has 0 radical (unpaired) electrons. The number of piperazine rings is 1. The summed E-state index contributed by atoms with van der Waals surface area (Å²) in [5.74, 6) is 0.695. The number of aromatic nitrogens is 4. The Morgan fingerprint density at radius 2 is 2.03 bits per heavy atom. The molecule has 3 aromatic heterocycles. The van der Waals surface area contributed by atoms with Gasteiger partial charge in [-0.2, -0.15) is 15.2 Å². The lowest BCUT2D eigenvalue weighted by atomic mass is 10.2. The van der Waals surface area contributed by atoms with E-state index >= 15 is 4.39 Å². The van der Waals surface area contributed by atoms with Crippen LogP contribution in [0.3, 0.4) is 0 Å². The highest BCUT2D eigenvalue weighted by Gasteiger charge is 2.19. The second-order valence-electron chi connectivity index (χ2n) is 7.84. The zero-order valence-electron chi connectivity index (χ0n) is 18.1. The number of nitrogens with zero attached hydrogens (tertiary/aromatic N) is 6. The van der Waals surface area contributed by atoms with Crippen molar-refractivity contribution in [2.24, 2.45) is 0 Å². The van der Waals surface area contributed by atoms with Crippen molar-refractivity contribution in [1.82, 2.24) is 24.8 Å². The standard InChI is InChI=1S/C22H21FN8OS/c1-13-9-15-16(26-13)3-4-17(20(15)23)32-21-27-18(28-22-25-12-14(11-24)33-22)10-19(29-21)31-7-5-30(2)6-8-31/h3-4,9-10,12,26H,5-8H2,1-2H3,(H,25,27,28,29). The van der Waals surface area contributed by atoms with Gasteiger partial charge in [-0.25, -0.2) is 9.37 Å². The number of thiazole rings is 1. The zero-order valence-corrected chi connectivity index (χ0v) is 18.9. The molecule has 4 aromatic rings. The number of aromatic amines is 1. The van der Waals surface area contributed by atoms with Crippen molar-refractivity contribution in [3.8, 4) is 17.8 Å². The number of benzene rings is 1. The first kappa shape index (κ1) is 21.1. The van der Waals surface area contributed by atoms with Crippen molar-refractivity contribution >= 4 is 39.0 Å². The van der Waals surface area contributed by atoms with Crippen LogP contribution in [0.15, 0.2) is 30.5 Å². The highest BCUT2D eigenvalue weighted by Crippen LogP contribution is 2.31. The minimum absolute atomic E-state index is 0.0245. The summed E-state index contributed by atoms with van der Waals surface area (Å²) in [4.78, 5) is 21.2. The summed E-state index contributed by atoms with van der Waals surface area (Å²) in [5, 5.41) is 13.1. The topological polar surface area (TPSA) is 106 Å². The average molecular weight is 465 g/mol. The van der Waals surface area contributed by atoms with Gasteiger partial charge in [0.15, 0.2) is 16.7 Å². The first-order valence-electron chi connectivity index (χ1n) is 10.4. The number of aryl methyl sites for hydroxylation is 1. The molecular weight excluding hydrogens is 443 g/mol. The number of likely N-dealkylation sites (N-methyl/N-ethyl adjacent to an activating group) is 1. The summed E-state index contributed by atoms with van der Waals surface area (Å²) in [6.45, 7) is 5.27. The molecule has 0 unspecified atom stereocenters. The number of ether oxygens (including phenoxy) is 1. The molecule has 2 N–H and O–H groups in total. The SMILES string of the molecule is Cc1cc2c(F)c(Oc3nc(Nc4ncc(C#N)s4)cc(N4CCN(C)CC4)n3)ccc2[nH]1. The van der Waals surface area contributed by atoms with Gasteiger partial charge in [0.25, 0.3) is 0 Å². The van der Waals surface area contributed by atoms with Crippen LogP contribution >= 0.6 is 11.3 Å². The summed E-state index contributed by atoms with van der Waals surface area (Å²) in [7, 11) is 2.08. The Bertz CT molecular complexity index is 1350. The average Bonchev–Trinajstić information content (AvgIpc) is 3.42. The molecule has 1 aliphatic heterocycles. The van der Waals surface area contributed by atoms with Gasteiger partial charge in [0.2, 0.25) is 0 Å². The van der Waals surface area contributed by atoms with Crippen molar-refractivity contribution < 1.29 is 9.13 Å². The Kier molecular flexibility index (Phi) is 5.53. The van der Waals surface area contributed by atoms with E-state index in [2.05, 4.69) is 48.2 Å². The molecule has 0 aliphatic carbocycles. The molecule has 1 aliphatic rings. The fraction of sp³-hybridized carbons (Fsp3) is 0.273. The Morgan fingerprint density at radius 1 is 1.21 bits per heavy atom. The van der Waals surface area contributed by atoms with Gasteiger partial charge in [0.05, 0.1) is 6.20 Å². The molecule has 0 bridgehead atoms. The van der Waals surface area contributed by atoms with Crippen molar-refractivity contribution in [2.75, 3.05) is 43.4 Å². The maximum absolute atomic E-state index is 15.1. The van der Waals surface area contributed by atoms with Crippen molar-refractivity contribution in [1.29, 1.82) is 5.26 Å². The molecular formula is C22H21FN8OS. The lowest BCUT2D eigenvalue weighted by Crippen LogP contribution is -2.44. The molecule has 4 heterocycles. The maximum Gasteiger partial charge on any atom is 0.326 e. The first-order valence-corrected chi connectivity index (χ1v) is 11.2. The molecule has 0 amide bonds. The Morgan fingerprint density at radius 3 is 2.79 bits per heavy atom. The van der Waals surface area contributed by atoms with E-state index in [1.165, 1.54) is 17.5 Å². The molecule has 1 fully saturated rings. The smallest absolute Gasteiger partial charge is 0.326 e. The predicted octanol–water partition coefficient (Wildman–Crippen LogP) is 4.02. The number of rotatable bonds is 5. The van der Waals surface area contributed by atoms with Gasteiger partial charge < -0.3 is 24.8 Å². The fourth-order valence-electron chi connectivity index (χ4n) is 3.68. The van der Waals surface area contributed by atoms with Gasteiger partial charge in [0, 0.05) is 48.8 Å². The van der Waals surface area contributed by atoms with Crippen molar-refractivity contribution in [3.63, 3.8) is 0 Å². The monoisotopic (exact) mass is 464 g/mol. The van der Waals surface area contributed by atoms with Gasteiger partial charge in [0.1, 0.15) is 22.6 Å². The summed E-state index contributed by atoms with van der Waals surface area (Å²) < 4.78 is 20.9. The molecule has 0 saturated carbocycles. The Balaban J connectivity index is 1.49. The third-order valence-electron chi connectivity index (χ3n) is 5.41. The van der Waals surface area contributed by atoms with Crippen LogP contribution in [0.2, 0.25) is 0 Å². The van der Waals surface area contributed by atoms with Gasteiger partial charge in [-0.1, -0.05) is 11.3 Å². The van der Waals surface area contributed by atoms with Crippen LogP contribution in [0, 0.1) is 24.1 Å². The van der Waals surface area contributed by atoms with Gasteiger partial charge in [-0.15, -0.1) is 0 Å². The second-order valence-corrected chi connectivity index (χ2v) is 8.87. The van der Waals surface area contributed by atoms with Crippen LogP contribution in [-0.4, -0.2) is 58.1 Å². The van der Waals surface area contributed by atoms with E-state index in [-0.39, 0.29) is 11.8 Å². The highest BCUT2D eigenvalue weighted by molar-refractivity contribution is 7.16. The van der Waals surface area contributed by atoms with Gasteiger partial charge in [-0.05, 0) is 32.2 Å². The lowest BCUT2D eigenvalue weighted by molar-refractivity contribution is 0.311. The second kappa shape index (κ2) is 8.65. The molecule has 1 saturated heterocycles. The highest BCUT2D eigenvalue weighted by atomic mass is 32.1. The lowest BCUT2D eigenvalue weighted by Gasteiger charge is -2.33. The normalized spacial score (nSPS) is 14.4. The number of fused-ring (bicyclic) bond motifs is 1. The Labute approximate surface area is 193 Å². The van der Waals surface area contributed by atoms with Crippen LogP contribution in [0.1, 0.15) is 10.6 Å². The molecule has 0 spiro atoms. The molecule has 33 heavy (non-hydrogen) atoms. The summed E-state index contributed by atoms with van der Waals surface area (Å²) in [6, 6.07) is 8.97. The number of nitrogens with one attached hydrogen (secondary N) is 2. The molecule has 1 aromatic carbocycles. The van der Waals surface area contributed by atoms with Crippen LogP contribution in [0.25, 0.3) is 10.9 Å². The number of anilines is 3. The van der Waals surface area contributed by atoms with Crippen LogP contribution in [0.5, 0.6) is 11.8 Å². The molecule has 9 nitrogen and oxygen atoms in total. The number of hydrogen-bond donors (Lipinski definition) is 2. The van der Waals surface area contributed by atoms with Crippen molar-refractivity contribution in [3.05, 3.63) is 46.9 Å². The number of halogens is 1. The predicted molar refractivity (Wildman–Crippen MR) is 125 cm³/mol. The van der Waals surface area contributed by atoms with E-state index in [1.54, 1.807) is 24.3 Å². The summed E-state index contributed by atoms with van der Waals surface area (Å²) in [6.07, 6.45) is 1.50. The molecule has 5 rings (SSSR count). The molecule has 168 valence electrons. The first-order chi connectivity index (χ1) is 16.0. The fourth-order valence-corrected chi connectivity index (χ4v) is 4.30. The van der Waals surface area contributed by atoms with Gasteiger partial charge in [-0.3, -0.25) is 0 Å². The van der Waals surface area contributed by atoms with Crippen LogP contribution in [-0.2, 0) is 0 Å². The van der Waals surface area contributed by atoms with E-state index in [0.717, 1.165) is 31.9 Å². The van der Waals surface area contributed by atoms with E-state index < -0.39 is 5.82 Å². The van der Waals surface area contributed by atoms with E-state index in [9.17, 15) is 0 Å². The quantitative estimate of drug-likeness (QED) is 0.456. The minimum Gasteiger partial charge on any atom is -0.421 e. The number of H-pyrrole nitrogens is 1. The van der Waals surface area contributed by atoms with Crippen molar-refractivity contribution in [2.45, 2.75) is 6.92 Å².